The number of fused-ring (bicyclic) bond motifs is 3. The van der Waals surface area contributed by atoms with Crippen molar-refractivity contribution in [1.29, 1.82) is 0 Å². The molecule has 0 radical (unpaired) electrons. The van der Waals surface area contributed by atoms with Gasteiger partial charge in [0.1, 0.15) is 5.82 Å². The Kier molecular flexibility index (Phi) is 2.45. The lowest BCUT2D eigenvalue weighted by Gasteiger charge is -2.12. The van der Waals surface area contributed by atoms with Crippen LogP contribution in [0.2, 0.25) is 0 Å². The van der Waals surface area contributed by atoms with Crippen LogP contribution in [0.4, 0.5) is 0 Å². The highest BCUT2D eigenvalue weighted by Gasteiger charge is 2.17. The smallest absolute Gasteiger partial charge is 0.164 e. The van der Waals surface area contributed by atoms with Gasteiger partial charge in [0, 0.05) is 5.39 Å². The van der Waals surface area contributed by atoms with Crippen LogP contribution in [0.5, 0.6) is 0 Å². The SMILES string of the molecule is Cc1nc2c([nH]1)c1ccccc1n2-c1c(C)cccc1C. The number of H-pyrrole nitrogens is 1. The molecule has 0 bridgehead atoms. The summed E-state index contributed by atoms with van der Waals surface area (Å²) < 4.78 is 2.28. The van der Waals surface area contributed by atoms with Crippen molar-refractivity contribution in [2.24, 2.45) is 0 Å². The van der Waals surface area contributed by atoms with Crippen molar-refractivity contribution in [3.8, 4) is 5.69 Å². The molecule has 0 aliphatic carbocycles. The summed E-state index contributed by atoms with van der Waals surface area (Å²) in [6.45, 7) is 6.31. The van der Waals surface area contributed by atoms with Crippen LogP contribution in [0.1, 0.15) is 17.0 Å². The average molecular weight is 275 g/mol. The summed E-state index contributed by atoms with van der Waals surface area (Å²) in [7, 11) is 0. The van der Waals surface area contributed by atoms with Crippen molar-refractivity contribution in [2.75, 3.05) is 0 Å². The van der Waals surface area contributed by atoms with Crippen LogP contribution < -0.4 is 0 Å². The maximum Gasteiger partial charge on any atom is 0.164 e. The molecule has 2 aromatic carbocycles. The zero-order valence-corrected chi connectivity index (χ0v) is 12.4. The van der Waals surface area contributed by atoms with Crippen LogP contribution in [-0.4, -0.2) is 14.5 Å². The Labute approximate surface area is 123 Å². The van der Waals surface area contributed by atoms with Crippen LogP contribution in [0.25, 0.3) is 27.8 Å². The Bertz CT molecular complexity index is 953. The Morgan fingerprint density at radius 2 is 1.62 bits per heavy atom. The topological polar surface area (TPSA) is 33.6 Å². The first-order valence-corrected chi connectivity index (χ1v) is 7.19. The first kappa shape index (κ1) is 12.2. The lowest BCUT2D eigenvalue weighted by atomic mass is 10.1. The minimum Gasteiger partial charge on any atom is -0.340 e. The highest BCUT2D eigenvalue weighted by Crippen LogP contribution is 2.32. The van der Waals surface area contributed by atoms with Gasteiger partial charge in [0.2, 0.25) is 0 Å². The van der Waals surface area contributed by atoms with Crippen LogP contribution in [0, 0.1) is 20.8 Å². The molecule has 3 nitrogen and oxygen atoms in total. The molecule has 104 valence electrons. The molecule has 4 aromatic rings. The fourth-order valence-electron chi connectivity index (χ4n) is 3.21. The molecular formula is C18H17N3. The maximum absolute atomic E-state index is 4.72. The van der Waals surface area contributed by atoms with E-state index in [0.29, 0.717) is 0 Å². The van der Waals surface area contributed by atoms with Gasteiger partial charge in [-0.3, -0.25) is 4.57 Å². The Hall–Kier alpha value is -2.55. The standard InChI is InChI=1S/C18H17N3/c1-11-7-6-8-12(2)17(11)21-15-10-5-4-9-14(15)16-18(21)20-13(3)19-16/h4-10H,1-3H3,(H,19,20). The normalized spacial score (nSPS) is 11.6. The van der Waals surface area contributed by atoms with E-state index in [0.717, 1.165) is 17.0 Å². The van der Waals surface area contributed by atoms with Gasteiger partial charge in [-0.1, -0.05) is 36.4 Å². The summed E-state index contributed by atoms with van der Waals surface area (Å²) in [5.74, 6) is 0.950. The molecule has 2 aromatic heterocycles. The van der Waals surface area contributed by atoms with Gasteiger partial charge in [-0.2, -0.15) is 0 Å². The second-order valence-electron chi connectivity index (χ2n) is 5.61. The van der Waals surface area contributed by atoms with E-state index in [9.17, 15) is 0 Å². The van der Waals surface area contributed by atoms with Gasteiger partial charge in [0.15, 0.2) is 5.65 Å². The quantitative estimate of drug-likeness (QED) is 0.547. The molecule has 0 amide bonds. The van der Waals surface area contributed by atoms with Gasteiger partial charge in [0.25, 0.3) is 0 Å². The highest BCUT2D eigenvalue weighted by atomic mass is 15.1. The Morgan fingerprint density at radius 1 is 0.905 bits per heavy atom. The van der Waals surface area contributed by atoms with E-state index >= 15 is 0 Å². The van der Waals surface area contributed by atoms with E-state index in [1.54, 1.807) is 0 Å². The number of imidazole rings is 1. The van der Waals surface area contributed by atoms with Crippen molar-refractivity contribution in [3.05, 3.63) is 59.4 Å². The summed E-state index contributed by atoms with van der Waals surface area (Å²) in [5, 5.41) is 1.22. The minimum atomic E-state index is 0.950. The first-order chi connectivity index (χ1) is 10.2. The van der Waals surface area contributed by atoms with Gasteiger partial charge in [-0.25, -0.2) is 4.98 Å². The van der Waals surface area contributed by atoms with E-state index < -0.39 is 0 Å². The van der Waals surface area contributed by atoms with Crippen molar-refractivity contribution >= 4 is 22.1 Å². The van der Waals surface area contributed by atoms with Crippen molar-refractivity contribution in [1.82, 2.24) is 14.5 Å². The number of aryl methyl sites for hydroxylation is 3. The van der Waals surface area contributed by atoms with Crippen molar-refractivity contribution in [2.45, 2.75) is 20.8 Å². The second-order valence-corrected chi connectivity index (χ2v) is 5.61. The Morgan fingerprint density at radius 3 is 2.38 bits per heavy atom. The number of benzene rings is 2. The molecule has 3 heteroatoms. The molecule has 0 unspecified atom stereocenters. The number of nitrogens with zero attached hydrogens (tertiary/aromatic N) is 2. The summed E-state index contributed by atoms with van der Waals surface area (Å²) >= 11 is 0. The van der Waals surface area contributed by atoms with Crippen LogP contribution in [-0.2, 0) is 0 Å². The molecule has 0 spiro atoms. The molecule has 0 atom stereocenters. The molecule has 0 fully saturated rings. The molecular weight excluding hydrogens is 258 g/mol. The van der Waals surface area contributed by atoms with Gasteiger partial charge in [0.05, 0.1) is 16.7 Å². The third kappa shape index (κ3) is 1.64. The molecule has 21 heavy (non-hydrogen) atoms. The molecule has 0 aliphatic rings. The largest absolute Gasteiger partial charge is 0.340 e. The molecule has 2 heterocycles. The minimum absolute atomic E-state index is 0.950. The summed E-state index contributed by atoms with van der Waals surface area (Å²) in [5.41, 5.74) is 7.08. The van der Waals surface area contributed by atoms with Gasteiger partial charge in [-0.05, 0) is 38.0 Å². The predicted octanol–water partition coefficient (Wildman–Crippen LogP) is 4.43. The molecule has 0 saturated carbocycles. The van der Waals surface area contributed by atoms with Gasteiger partial charge < -0.3 is 4.98 Å². The lowest BCUT2D eigenvalue weighted by Crippen LogP contribution is -2.00. The molecule has 0 saturated heterocycles. The number of rotatable bonds is 1. The number of aromatic nitrogens is 3. The van der Waals surface area contributed by atoms with E-state index in [-0.39, 0.29) is 0 Å². The first-order valence-electron chi connectivity index (χ1n) is 7.19. The van der Waals surface area contributed by atoms with Crippen LogP contribution in [0.15, 0.2) is 42.5 Å². The zero-order valence-electron chi connectivity index (χ0n) is 12.4. The summed E-state index contributed by atoms with van der Waals surface area (Å²) in [6.07, 6.45) is 0. The zero-order chi connectivity index (χ0) is 14.6. The maximum atomic E-state index is 4.72. The average Bonchev–Trinajstić information content (AvgIpc) is 2.96. The van der Waals surface area contributed by atoms with E-state index in [4.69, 9.17) is 4.98 Å². The summed E-state index contributed by atoms with van der Waals surface area (Å²) in [6, 6.07) is 14.9. The van der Waals surface area contributed by atoms with Crippen molar-refractivity contribution < 1.29 is 0 Å². The number of aromatic amines is 1. The number of hydrogen-bond acceptors (Lipinski definition) is 1. The third-order valence-electron chi connectivity index (χ3n) is 4.09. The van der Waals surface area contributed by atoms with E-state index in [2.05, 4.69) is 65.9 Å². The van der Waals surface area contributed by atoms with Gasteiger partial charge in [-0.15, -0.1) is 0 Å². The number of hydrogen-bond donors (Lipinski definition) is 1. The predicted molar refractivity (Wildman–Crippen MR) is 87.1 cm³/mol. The third-order valence-corrected chi connectivity index (χ3v) is 4.09. The molecule has 1 N–H and O–H groups in total. The van der Waals surface area contributed by atoms with E-state index in [1.165, 1.54) is 27.7 Å². The van der Waals surface area contributed by atoms with Crippen LogP contribution >= 0.6 is 0 Å². The molecule has 4 rings (SSSR count). The fourth-order valence-corrected chi connectivity index (χ4v) is 3.21. The second kappa shape index (κ2) is 4.22. The molecule has 0 aliphatic heterocycles. The Balaban J connectivity index is 2.25. The number of para-hydroxylation sites is 2. The van der Waals surface area contributed by atoms with Gasteiger partial charge >= 0.3 is 0 Å². The highest BCUT2D eigenvalue weighted by molar-refractivity contribution is 6.06. The number of nitrogens with one attached hydrogen (secondary N) is 1. The lowest BCUT2D eigenvalue weighted by molar-refractivity contribution is 1.08. The fraction of sp³-hybridized carbons (Fsp3) is 0.167. The van der Waals surface area contributed by atoms with E-state index in [1.807, 2.05) is 6.92 Å². The monoisotopic (exact) mass is 275 g/mol. The van der Waals surface area contributed by atoms with Crippen LogP contribution in [0.3, 0.4) is 0 Å². The summed E-state index contributed by atoms with van der Waals surface area (Å²) in [4.78, 5) is 8.11. The van der Waals surface area contributed by atoms with Crippen molar-refractivity contribution in [3.63, 3.8) is 0 Å².